The Morgan fingerprint density at radius 2 is 1.84 bits per heavy atom. The molecule has 0 spiro atoms. The van der Waals surface area contributed by atoms with E-state index in [-0.39, 0.29) is 11.7 Å². The number of hydrogen-bond acceptors (Lipinski definition) is 3. The van der Waals surface area contributed by atoms with E-state index in [1.54, 1.807) is 47.4 Å². The number of rotatable bonds is 4. The topological polar surface area (TPSA) is 57.4 Å². The number of alkyl halides is 3. The number of nitrogens with one attached hydrogen (secondary N) is 2. The Hall–Kier alpha value is -3.65. The van der Waals surface area contributed by atoms with E-state index in [0.717, 1.165) is 5.56 Å². The first-order valence-corrected chi connectivity index (χ1v) is 9.40. The van der Waals surface area contributed by atoms with E-state index in [2.05, 4.69) is 21.6 Å². The smallest absolute Gasteiger partial charge is 0.406 e. The fourth-order valence-corrected chi connectivity index (χ4v) is 3.34. The van der Waals surface area contributed by atoms with Gasteiger partial charge in [0.1, 0.15) is 17.3 Å². The molecule has 0 bridgehead atoms. The molecule has 0 fully saturated rings. The Labute approximate surface area is 180 Å². The van der Waals surface area contributed by atoms with Gasteiger partial charge in [-0.1, -0.05) is 24.2 Å². The van der Waals surface area contributed by atoms with Crippen molar-refractivity contribution in [2.75, 3.05) is 10.2 Å². The molecular weight excluding hydrogens is 431 g/mol. The highest BCUT2D eigenvalue weighted by Gasteiger charge is 2.31. The van der Waals surface area contributed by atoms with E-state index in [0.29, 0.717) is 33.6 Å². The fourth-order valence-electron chi connectivity index (χ4n) is 3.15. The molecule has 158 valence electrons. The first-order chi connectivity index (χ1) is 14.7. The second kappa shape index (κ2) is 7.88. The lowest BCUT2D eigenvalue weighted by molar-refractivity contribution is -0.274. The maximum absolute atomic E-state index is 12.7. The summed E-state index contributed by atoms with van der Waals surface area (Å²) in [5.41, 5.74) is 2.68. The number of anilines is 3. The lowest BCUT2D eigenvalue weighted by atomic mass is 10.1. The van der Waals surface area contributed by atoms with E-state index in [1.165, 1.54) is 24.3 Å². The summed E-state index contributed by atoms with van der Waals surface area (Å²) < 4.78 is 41.1. The zero-order valence-corrected chi connectivity index (χ0v) is 16.6. The first-order valence-electron chi connectivity index (χ1n) is 9.02. The maximum Gasteiger partial charge on any atom is 0.573 e. The van der Waals surface area contributed by atoms with E-state index in [4.69, 9.17) is 11.6 Å². The van der Waals surface area contributed by atoms with Crippen LogP contribution in [0.25, 0.3) is 6.08 Å². The fraction of sp³-hybridized carbons (Fsp3) is 0.0455. The summed E-state index contributed by atoms with van der Waals surface area (Å²) in [4.78, 5) is 17.4. The molecule has 2 N–H and O–H groups in total. The van der Waals surface area contributed by atoms with Gasteiger partial charge in [0.2, 0.25) is 0 Å². The molecule has 31 heavy (non-hydrogen) atoms. The molecule has 1 aliphatic rings. The normalized spacial score (nSPS) is 13.2. The van der Waals surface area contributed by atoms with Crippen molar-refractivity contribution in [3.05, 3.63) is 89.2 Å². The van der Waals surface area contributed by atoms with Gasteiger partial charge in [0.25, 0.3) is 5.91 Å². The van der Waals surface area contributed by atoms with Gasteiger partial charge in [-0.3, -0.25) is 9.69 Å². The molecule has 3 aromatic rings. The Balaban J connectivity index is 1.60. The molecule has 9 heteroatoms. The number of benzene rings is 2. The second-order valence-electron chi connectivity index (χ2n) is 6.65. The monoisotopic (exact) mass is 445 g/mol. The number of amides is 1. The van der Waals surface area contributed by atoms with Crippen molar-refractivity contribution in [3.63, 3.8) is 0 Å². The van der Waals surface area contributed by atoms with Crippen LogP contribution in [0.15, 0.2) is 72.9 Å². The number of halogens is 4. The third-order valence-electron chi connectivity index (χ3n) is 4.45. The Kier molecular flexibility index (Phi) is 5.24. The number of H-pyrrole nitrogens is 1. The molecule has 0 saturated carbocycles. The van der Waals surface area contributed by atoms with Crippen LogP contribution in [0.4, 0.5) is 30.4 Å². The van der Waals surface area contributed by atoms with Gasteiger partial charge in [0.15, 0.2) is 0 Å². The largest absolute Gasteiger partial charge is 0.573 e. The van der Waals surface area contributed by atoms with Crippen LogP contribution in [0, 0.1) is 0 Å². The third kappa shape index (κ3) is 4.59. The standard InChI is InChI=1S/C22H15ClF3N3O2/c1-13-5-6-14-11-19(21(30)27-16-4-2-3-15(23)12-16)28-20(14)29(13)17-7-9-18(10-8-17)31-22(24,25)26/h2-12,28H,1H2,(H,27,30). The molecule has 4 rings (SSSR count). The molecule has 1 aromatic heterocycles. The Morgan fingerprint density at radius 1 is 1.10 bits per heavy atom. The molecule has 1 aliphatic heterocycles. The zero-order valence-electron chi connectivity index (χ0n) is 15.8. The number of carbonyl (C=O) groups is 1. The quantitative estimate of drug-likeness (QED) is 0.482. The summed E-state index contributed by atoms with van der Waals surface area (Å²) in [6.07, 6.45) is -1.23. The molecular formula is C22H15ClF3N3O2. The number of fused-ring (bicyclic) bond motifs is 1. The van der Waals surface area contributed by atoms with Crippen LogP contribution in [0.5, 0.6) is 5.75 Å². The summed E-state index contributed by atoms with van der Waals surface area (Å²) in [6, 6.07) is 13.8. The van der Waals surface area contributed by atoms with E-state index in [9.17, 15) is 18.0 Å². The summed E-state index contributed by atoms with van der Waals surface area (Å²) in [5, 5.41) is 3.25. The molecule has 0 atom stereocenters. The van der Waals surface area contributed by atoms with Crippen LogP contribution in [-0.2, 0) is 0 Å². The van der Waals surface area contributed by atoms with Crippen molar-refractivity contribution in [1.29, 1.82) is 0 Å². The van der Waals surface area contributed by atoms with Crippen molar-refractivity contribution in [2.24, 2.45) is 0 Å². The Morgan fingerprint density at radius 3 is 2.52 bits per heavy atom. The van der Waals surface area contributed by atoms with Crippen LogP contribution in [0.2, 0.25) is 5.02 Å². The molecule has 5 nitrogen and oxygen atoms in total. The van der Waals surface area contributed by atoms with E-state index < -0.39 is 6.36 Å². The van der Waals surface area contributed by atoms with Gasteiger partial charge < -0.3 is 15.0 Å². The Bertz CT molecular complexity index is 1180. The molecule has 0 saturated heterocycles. The highest BCUT2D eigenvalue weighted by atomic mass is 35.5. The lowest BCUT2D eigenvalue weighted by Gasteiger charge is -2.27. The maximum atomic E-state index is 12.7. The zero-order chi connectivity index (χ0) is 22.2. The summed E-state index contributed by atoms with van der Waals surface area (Å²) in [7, 11) is 0. The molecule has 1 amide bonds. The molecule has 0 unspecified atom stereocenters. The van der Waals surface area contributed by atoms with Gasteiger partial charge in [0, 0.05) is 27.7 Å². The van der Waals surface area contributed by atoms with Crippen LogP contribution < -0.4 is 15.0 Å². The number of aromatic amines is 1. The second-order valence-corrected chi connectivity index (χ2v) is 7.09. The van der Waals surface area contributed by atoms with E-state index >= 15 is 0 Å². The SMILES string of the molecule is C=C1C=Cc2cc(C(=O)Nc3cccc(Cl)c3)[nH]c2N1c1ccc(OC(F)(F)F)cc1. The van der Waals surface area contributed by atoms with Gasteiger partial charge in [-0.25, -0.2) is 0 Å². The summed E-state index contributed by atoms with van der Waals surface area (Å²) in [6.45, 7) is 3.98. The van der Waals surface area contributed by atoms with Crippen molar-refractivity contribution < 1.29 is 22.7 Å². The van der Waals surface area contributed by atoms with Gasteiger partial charge in [-0.15, -0.1) is 13.2 Å². The molecule has 0 radical (unpaired) electrons. The number of nitrogens with zero attached hydrogens (tertiary/aromatic N) is 1. The predicted molar refractivity (Wildman–Crippen MR) is 114 cm³/mol. The van der Waals surface area contributed by atoms with Gasteiger partial charge in [-0.2, -0.15) is 0 Å². The van der Waals surface area contributed by atoms with Crippen molar-refractivity contribution in [1.82, 2.24) is 4.98 Å². The summed E-state index contributed by atoms with van der Waals surface area (Å²) in [5.74, 6) is -0.138. The highest BCUT2D eigenvalue weighted by molar-refractivity contribution is 6.31. The lowest BCUT2D eigenvalue weighted by Crippen LogP contribution is -2.19. The van der Waals surface area contributed by atoms with Gasteiger partial charge in [0.05, 0.1) is 0 Å². The average Bonchev–Trinajstić information content (AvgIpc) is 3.12. The summed E-state index contributed by atoms with van der Waals surface area (Å²) >= 11 is 5.95. The highest BCUT2D eigenvalue weighted by Crippen LogP contribution is 2.37. The number of aromatic nitrogens is 1. The predicted octanol–water partition coefficient (Wildman–Crippen LogP) is 6.50. The van der Waals surface area contributed by atoms with Gasteiger partial charge in [-0.05, 0) is 60.7 Å². The minimum absolute atomic E-state index is 0.298. The van der Waals surface area contributed by atoms with Crippen LogP contribution in [0.1, 0.15) is 16.1 Å². The third-order valence-corrected chi connectivity index (χ3v) is 4.68. The molecule has 2 aromatic carbocycles. The van der Waals surface area contributed by atoms with E-state index in [1.807, 2.05) is 0 Å². The van der Waals surface area contributed by atoms with Crippen molar-refractivity contribution >= 4 is 40.8 Å². The van der Waals surface area contributed by atoms with Crippen molar-refractivity contribution in [2.45, 2.75) is 6.36 Å². The molecule has 0 aliphatic carbocycles. The number of allylic oxidation sites excluding steroid dienone is 1. The molecule has 2 heterocycles. The van der Waals surface area contributed by atoms with Crippen LogP contribution >= 0.6 is 11.6 Å². The number of carbonyl (C=O) groups excluding carboxylic acids is 1. The van der Waals surface area contributed by atoms with Crippen molar-refractivity contribution in [3.8, 4) is 5.75 Å². The first kappa shape index (κ1) is 20.6. The van der Waals surface area contributed by atoms with Crippen LogP contribution in [-0.4, -0.2) is 17.3 Å². The van der Waals surface area contributed by atoms with Gasteiger partial charge >= 0.3 is 6.36 Å². The minimum Gasteiger partial charge on any atom is -0.406 e. The number of hydrogen-bond donors (Lipinski definition) is 2. The van der Waals surface area contributed by atoms with Crippen LogP contribution in [0.3, 0.4) is 0 Å². The average molecular weight is 446 g/mol. The minimum atomic E-state index is -4.77. The number of ether oxygens (including phenoxy) is 1.